The van der Waals surface area contributed by atoms with Crippen molar-refractivity contribution in [2.45, 2.75) is 44.7 Å². The molecule has 1 aromatic heterocycles. The van der Waals surface area contributed by atoms with Gasteiger partial charge in [0.05, 0.1) is 5.39 Å². The second-order valence-corrected chi connectivity index (χ2v) is 6.47. The second kappa shape index (κ2) is 6.70. The number of fused-ring (bicyclic) bond motifs is 2. The van der Waals surface area contributed by atoms with Gasteiger partial charge in [0.25, 0.3) is 5.56 Å². The Morgan fingerprint density at radius 2 is 1.88 bits per heavy atom. The standard InChI is InChI=1S/C17H20N4O4/c22-16(18-11-4-2-1-3-5-11)10-21-17(23)12-8-14-15(25-7-6-24-14)9-13(12)19-20-21/h8-9,11H,1-7,10H2,(H,18,22). The first-order valence-corrected chi connectivity index (χ1v) is 8.67. The summed E-state index contributed by atoms with van der Waals surface area (Å²) in [6.07, 6.45) is 5.47. The molecule has 8 heteroatoms. The maximum absolute atomic E-state index is 12.6. The zero-order valence-electron chi connectivity index (χ0n) is 13.9. The lowest BCUT2D eigenvalue weighted by Gasteiger charge is -2.22. The summed E-state index contributed by atoms with van der Waals surface area (Å²) in [7, 11) is 0. The normalized spacial score (nSPS) is 17.4. The Morgan fingerprint density at radius 3 is 2.64 bits per heavy atom. The van der Waals surface area contributed by atoms with E-state index in [1.165, 1.54) is 6.42 Å². The molecule has 0 unspecified atom stereocenters. The number of benzene rings is 1. The van der Waals surface area contributed by atoms with Crippen LogP contribution in [0.1, 0.15) is 32.1 Å². The summed E-state index contributed by atoms with van der Waals surface area (Å²) in [4.78, 5) is 24.8. The third kappa shape index (κ3) is 3.29. The summed E-state index contributed by atoms with van der Waals surface area (Å²) in [5.41, 5.74) is 0.0685. The SMILES string of the molecule is O=C(Cn1nnc2cc3c(cc2c1=O)OCCO3)NC1CCCCC1. The van der Waals surface area contributed by atoms with Gasteiger partial charge in [0.2, 0.25) is 5.91 Å². The first kappa shape index (κ1) is 15.9. The number of aromatic nitrogens is 3. The van der Waals surface area contributed by atoms with Gasteiger partial charge in [-0.05, 0) is 18.9 Å². The van der Waals surface area contributed by atoms with Crippen molar-refractivity contribution in [3.63, 3.8) is 0 Å². The van der Waals surface area contributed by atoms with E-state index in [1.54, 1.807) is 12.1 Å². The molecular formula is C17H20N4O4. The lowest BCUT2D eigenvalue weighted by molar-refractivity contribution is -0.122. The van der Waals surface area contributed by atoms with E-state index in [4.69, 9.17) is 9.47 Å². The highest BCUT2D eigenvalue weighted by Gasteiger charge is 2.19. The van der Waals surface area contributed by atoms with Crippen molar-refractivity contribution in [2.75, 3.05) is 13.2 Å². The molecule has 0 bridgehead atoms. The number of hydrogen-bond acceptors (Lipinski definition) is 6. The highest BCUT2D eigenvalue weighted by atomic mass is 16.6. The molecule has 4 rings (SSSR count). The molecule has 1 N–H and O–H groups in total. The molecule has 1 fully saturated rings. The Bertz CT molecular complexity index is 858. The molecule has 1 amide bonds. The van der Waals surface area contributed by atoms with Gasteiger partial charge in [0.1, 0.15) is 25.3 Å². The number of amides is 1. The lowest BCUT2D eigenvalue weighted by Crippen LogP contribution is -2.40. The molecule has 2 aliphatic rings. The Hall–Kier alpha value is -2.64. The fourth-order valence-electron chi connectivity index (χ4n) is 3.37. The lowest BCUT2D eigenvalue weighted by atomic mass is 9.95. The number of carbonyl (C=O) groups is 1. The molecule has 8 nitrogen and oxygen atoms in total. The van der Waals surface area contributed by atoms with Gasteiger partial charge in [-0.3, -0.25) is 9.59 Å². The van der Waals surface area contributed by atoms with Crippen LogP contribution in [0.3, 0.4) is 0 Å². The van der Waals surface area contributed by atoms with Crippen LogP contribution in [-0.2, 0) is 11.3 Å². The molecule has 25 heavy (non-hydrogen) atoms. The fraction of sp³-hybridized carbons (Fsp3) is 0.529. The molecule has 132 valence electrons. The van der Waals surface area contributed by atoms with Gasteiger partial charge in [-0.1, -0.05) is 24.5 Å². The Labute approximate surface area is 144 Å². The van der Waals surface area contributed by atoms with Crippen molar-refractivity contribution in [3.8, 4) is 11.5 Å². The monoisotopic (exact) mass is 344 g/mol. The fourth-order valence-corrected chi connectivity index (χ4v) is 3.37. The van der Waals surface area contributed by atoms with Gasteiger partial charge in [-0.15, -0.1) is 5.10 Å². The number of nitrogens with one attached hydrogen (secondary N) is 1. The van der Waals surface area contributed by atoms with Crippen LogP contribution in [-0.4, -0.2) is 40.2 Å². The number of nitrogens with zero attached hydrogens (tertiary/aromatic N) is 3. The maximum Gasteiger partial charge on any atom is 0.278 e. The zero-order valence-corrected chi connectivity index (χ0v) is 13.9. The average molecular weight is 344 g/mol. The number of ether oxygens (including phenoxy) is 2. The van der Waals surface area contributed by atoms with Crippen molar-refractivity contribution in [1.29, 1.82) is 0 Å². The van der Waals surface area contributed by atoms with E-state index in [0.717, 1.165) is 30.4 Å². The minimum absolute atomic E-state index is 0.132. The molecule has 1 aliphatic carbocycles. The molecule has 0 atom stereocenters. The predicted octanol–water partition coefficient (Wildman–Crippen LogP) is 1.01. The van der Waals surface area contributed by atoms with Crippen molar-refractivity contribution in [1.82, 2.24) is 20.3 Å². The first-order valence-electron chi connectivity index (χ1n) is 8.67. The number of rotatable bonds is 3. The van der Waals surface area contributed by atoms with Crippen LogP contribution >= 0.6 is 0 Å². The van der Waals surface area contributed by atoms with E-state index in [0.29, 0.717) is 35.6 Å². The largest absolute Gasteiger partial charge is 0.486 e. The van der Waals surface area contributed by atoms with E-state index < -0.39 is 0 Å². The third-order valence-electron chi connectivity index (χ3n) is 4.65. The van der Waals surface area contributed by atoms with E-state index in [9.17, 15) is 9.59 Å². The predicted molar refractivity (Wildman–Crippen MR) is 89.8 cm³/mol. The van der Waals surface area contributed by atoms with Crippen molar-refractivity contribution >= 4 is 16.8 Å². The van der Waals surface area contributed by atoms with Crippen LogP contribution in [0.5, 0.6) is 11.5 Å². The highest BCUT2D eigenvalue weighted by Crippen LogP contribution is 2.32. The molecule has 2 aromatic rings. The van der Waals surface area contributed by atoms with Gasteiger partial charge < -0.3 is 14.8 Å². The molecular weight excluding hydrogens is 324 g/mol. The molecule has 1 aromatic carbocycles. The summed E-state index contributed by atoms with van der Waals surface area (Å²) in [6.45, 7) is 0.770. The van der Waals surface area contributed by atoms with Crippen LogP contribution in [0.15, 0.2) is 16.9 Å². The quantitative estimate of drug-likeness (QED) is 0.893. The Morgan fingerprint density at radius 1 is 1.16 bits per heavy atom. The number of hydrogen-bond donors (Lipinski definition) is 1. The third-order valence-corrected chi connectivity index (χ3v) is 4.65. The molecule has 0 spiro atoms. The highest BCUT2D eigenvalue weighted by molar-refractivity contribution is 5.82. The second-order valence-electron chi connectivity index (χ2n) is 6.47. The van der Waals surface area contributed by atoms with Crippen LogP contribution in [0.2, 0.25) is 0 Å². The van der Waals surface area contributed by atoms with Crippen LogP contribution < -0.4 is 20.3 Å². The Kier molecular flexibility index (Phi) is 4.25. The molecule has 0 saturated heterocycles. The number of carbonyl (C=O) groups excluding carboxylic acids is 1. The van der Waals surface area contributed by atoms with Crippen molar-refractivity contribution < 1.29 is 14.3 Å². The van der Waals surface area contributed by atoms with Gasteiger partial charge in [-0.2, -0.15) is 0 Å². The molecule has 2 heterocycles. The minimum atomic E-state index is -0.360. The van der Waals surface area contributed by atoms with Crippen molar-refractivity contribution in [3.05, 3.63) is 22.5 Å². The summed E-state index contributed by atoms with van der Waals surface area (Å²) in [6, 6.07) is 3.45. The van der Waals surface area contributed by atoms with E-state index >= 15 is 0 Å². The molecule has 1 saturated carbocycles. The van der Waals surface area contributed by atoms with Gasteiger partial charge >= 0.3 is 0 Å². The topological polar surface area (TPSA) is 95.3 Å². The first-order chi connectivity index (χ1) is 12.2. The molecule has 0 radical (unpaired) electrons. The smallest absolute Gasteiger partial charge is 0.278 e. The molecule has 1 aliphatic heterocycles. The van der Waals surface area contributed by atoms with Gasteiger partial charge in [-0.25, -0.2) is 4.68 Å². The van der Waals surface area contributed by atoms with E-state index in [1.807, 2.05) is 0 Å². The van der Waals surface area contributed by atoms with Crippen LogP contribution in [0, 0.1) is 0 Å². The van der Waals surface area contributed by atoms with Gasteiger partial charge in [0, 0.05) is 12.1 Å². The average Bonchev–Trinajstić information content (AvgIpc) is 2.64. The Balaban J connectivity index is 1.56. The summed E-state index contributed by atoms with van der Waals surface area (Å²) in [5.74, 6) is 0.863. The summed E-state index contributed by atoms with van der Waals surface area (Å²) < 4.78 is 12.1. The summed E-state index contributed by atoms with van der Waals surface area (Å²) in [5, 5.41) is 11.3. The van der Waals surface area contributed by atoms with Crippen molar-refractivity contribution in [2.24, 2.45) is 0 Å². The summed E-state index contributed by atoms with van der Waals surface area (Å²) >= 11 is 0. The zero-order chi connectivity index (χ0) is 17.2. The van der Waals surface area contributed by atoms with Crippen LogP contribution in [0.4, 0.5) is 0 Å². The van der Waals surface area contributed by atoms with Gasteiger partial charge in [0.15, 0.2) is 11.5 Å². The van der Waals surface area contributed by atoms with E-state index in [2.05, 4.69) is 15.6 Å². The van der Waals surface area contributed by atoms with E-state index in [-0.39, 0.29) is 24.1 Å². The minimum Gasteiger partial charge on any atom is -0.486 e. The maximum atomic E-state index is 12.6. The van der Waals surface area contributed by atoms with Crippen LogP contribution in [0.25, 0.3) is 10.9 Å².